The fraction of sp³-hybridized carbons (Fsp3) is 0.480. The second-order valence-electron chi connectivity index (χ2n) is 9.15. The van der Waals surface area contributed by atoms with Crippen LogP contribution in [0.15, 0.2) is 42.5 Å². The molecule has 0 amide bonds. The van der Waals surface area contributed by atoms with E-state index in [-0.39, 0.29) is 5.41 Å². The summed E-state index contributed by atoms with van der Waals surface area (Å²) in [5, 5.41) is 0. The highest BCUT2D eigenvalue weighted by atomic mass is 16.5. The van der Waals surface area contributed by atoms with E-state index in [2.05, 4.69) is 31.2 Å². The molecule has 3 nitrogen and oxygen atoms in total. The van der Waals surface area contributed by atoms with E-state index in [1.165, 1.54) is 11.1 Å². The van der Waals surface area contributed by atoms with Crippen molar-refractivity contribution in [3.05, 3.63) is 59.2 Å². The smallest absolute Gasteiger partial charge is 0.142 e. The first-order chi connectivity index (χ1) is 13.6. The maximum Gasteiger partial charge on any atom is 0.142 e. The molecule has 28 heavy (non-hydrogen) atoms. The Hall–Kier alpha value is -2.29. The molecule has 3 heteroatoms. The summed E-state index contributed by atoms with van der Waals surface area (Å²) in [5.74, 6) is 3.05. The third kappa shape index (κ3) is 2.67. The Balaban J connectivity index is 1.40. The Kier molecular flexibility index (Phi) is 4.22. The second kappa shape index (κ2) is 6.65. The number of hydrogen-bond acceptors (Lipinski definition) is 3. The van der Waals surface area contributed by atoms with Gasteiger partial charge in [0.2, 0.25) is 0 Å². The van der Waals surface area contributed by atoms with Gasteiger partial charge >= 0.3 is 0 Å². The van der Waals surface area contributed by atoms with Crippen LogP contribution in [0.5, 0.6) is 5.75 Å². The van der Waals surface area contributed by atoms with Crippen LogP contribution >= 0.6 is 0 Å². The third-order valence-corrected chi connectivity index (χ3v) is 7.86. The number of fused-ring (bicyclic) bond motifs is 5. The molecule has 2 aromatic rings. The van der Waals surface area contributed by atoms with Gasteiger partial charge in [-0.25, -0.2) is 0 Å². The molecule has 2 saturated carbocycles. The minimum Gasteiger partial charge on any atom is -0.487 e. The largest absolute Gasteiger partial charge is 0.487 e. The summed E-state index contributed by atoms with van der Waals surface area (Å²) in [4.78, 5) is 12.5. The van der Waals surface area contributed by atoms with Crippen molar-refractivity contribution in [2.45, 2.75) is 58.0 Å². The normalized spacial score (nSPS) is 31.0. The van der Waals surface area contributed by atoms with Gasteiger partial charge in [0.15, 0.2) is 0 Å². The lowest BCUT2D eigenvalue weighted by molar-refractivity contribution is -0.129. The number of carbonyl (C=O) groups excluding carboxylic acids is 1. The highest BCUT2D eigenvalue weighted by molar-refractivity contribution is 5.87. The molecule has 0 aliphatic heterocycles. The predicted octanol–water partition coefficient (Wildman–Crippen LogP) is 5.27. The number of Topliss-reactive ketones (excluding diaryl/α,β-unsaturated/α-hetero) is 1. The SMILES string of the molecule is C[C@]12CC[C@@H]3c4ccc(OCc5ccccc5)c(N)c4CC[C@H]3[C@@H]1CCC2=O. The molecular formula is C25H29NO2. The summed E-state index contributed by atoms with van der Waals surface area (Å²) < 4.78 is 6.05. The van der Waals surface area contributed by atoms with E-state index in [1.807, 2.05) is 18.2 Å². The molecule has 2 N–H and O–H groups in total. The van der Waals surface area contributed by atoms with Crippen LogP contribution in [-0.4, -0.2) is 5.78 Å². The molecule has 0 aromatic heterocycles. The Morgan fingerprint density at radius 1 is 1.07 bits per heavy atom. The third-order valence-electron chi connectivity index (χ3n) is 7.86. The van der Waals surface area contributed by atoms with Crippen molar-refractivity contribution in [2.24, 2.45) is 17.3 Å². The fourth-order valence-electron chi connectivity index (χ4n) is 6.31. The summed E-state index contributed by atoms with van der Waals surface area (Å²) in [6.07, 6.45) is 6.16. The van der Waals surface area contributed by atoms with Gasteiger partial charge in [-0.2, -0.15) is 0 Å². The average molecular weight is 376 g/mol. The Morgan fingerprint density at radius 3 is 2.71 bits per heavy atom. The van der Waals surface area contributed by atoms with Crippen LogP contribution < -0.4 is 10.5 Å². The molecule has 0 bridgehead atoms. The lowest BCUT2D eigenvalue weighted by atomic mass is 9.55. The van der Waals surface area contributed by atoms with Crippen molar-refractivity contribution in [1.29, 1.82) is 0 Å². The number of nitrogens with two attached hydrogens (primary N) is 1. The summed E-state index contributed by atoms with van der Waals surface area (Å²) >= 11 is 0. The van der Waals surface area contributed by atoms with Crippen LogP contribution in [0, 0.1) is 17.3 Å². The van der Waals surface area contributed by atoms with Crippen LogP contribution in [0.25, 0.3) is 0 Å². The number of nitrogen functional groups attached to an aromatic ring is 1. The van der Waals surface area contributed by atoms with Gasteiger partial charge in [-0.1, -0.05) is 43.3 Å². The Bertz CT molecular complexity index is 906. The highest BCUT2D eigenvalue weighted by Gasteiger charge is 2.54. The molecule has 0 radical (unpaired) electrons. The lowest BCUT2D eigenvalue weighted by Crippen LogP contribution is -2.42. The van der Waals surface area contributed by atoms with E-state index in [9.17, 15) is 4.79 Å². The van der Waals surface area contributed by atoms with Gasteiger partial charge in [-0.05, 0) is 72.6 Å². The summed E-state index contributed by atoms with van der Waals surface area (Å²) in [6.45, 7) is 2.77. The molecule has 0 spiro atoms. The van der Waals surface area contributed by atoms with Crippen molar-refractivity contribution in [1.82, 2.24) is 0 Å². The van der Waals surface area contributed by atoms with E-state index in [0.29, 0.717) is 30.1 Å². The molecular weight excluding hydrogens is 346 g/mol. The first kappa shape index (κ1) is 17.8. The zero-order valence-corrected chi connectivity index (χ0v) is 16.6. The van der Waals surface area contributed by atoms with Crippen LogP contribution in [0.1, 0.15) is 61.6 Å². The van der Waals surface area contributed by atoms with Crippen molar-refractivity contribution in [3.63, 3.8) is 0 Å². The van der Waals surface area contributed by atoms with Crippen LogP contribution in [0.3, 0.4) is 0 Å². The van der Waals surface area contributed by atoms with Crippen molar-refractivity contribution >= 4 is 11.5 Å². The van der Waals surface area contributed by atoms with Gasteiger partial charge in [-0.15, -0.1) is 0 Å². The molecule has 3 aliphatic carbocycles. The molecule has 4 atom stereocenters. The molecule has 2 fully saturated rings. The van der Waals surface area contributed by atoms with Crippen LogP contribution in [0.4, 0.5) is 5.69 Å². The molecule has 0 heterocycles. The minimum absolute atomic E-state index is 0.0665. The van der Waals surface area contributed by atoms with Gasteiger partial charge < -0.3 is 10.5 Å². The second-order valence-corrected chi connectivity index (χ2v) is 9.15. The quantitative estimate of drug-likeness (QED) is 0.743. The van der Waals surface area contributed by atoms with Crippen molar-refractivity contribution < 1.29 is 9.53 Å². The monoisotopic (exact) mass is 375 g/mol. The van der Waals surface area contributed by atoms with Crippen LogP contribution in [-0.2, 0) is 17.8 Å². The molecule has 5 rings (SSSR count). The lowest BCUT2D eigenvalue weighted by Gasteiger charge is -2.48. The zero-order chi connectivity index (χ0) is 19.3. The first-order valence-electron chi connectivity index (χ1n) is 10.7. The average Bonchev–Trinajstić information content (AvgIpc) is 3.03. The number of hydrogen-bond donors (Lipinski definition) is 1. The minimum atomic E-state index is -0.0665. The molecule has 2 aromatic carbocycles. The van der Waals surface area contributed by atoms with Crippen molar-refractivity contribution in [2.75, 3.05) is 5.73 Å². The van der Waals surface area contributed by atoms with E-state index < -0.39 is 0 Å². The van der Waals surface area contributed by atoms with Gasteiger partial charge in [0, 0.05) is 11.8 Å². The molecule has 3 aliphatic rings. The fourth-order valence-corrected chi connectivity index (χ4v) is 6.31. The van der Waals surface area contributed by atoms with Gasteiger partial charge in [0.05, 0.1) is 5.69 Å². The topological polar surface area (TPSA) is 52.3 Å². The number of benzene rings is 2. The summed E-state index contributed by atoms with van der Waals surface area (Å²) in [6, 6.07) is 14.5. The number of rotatable bonds is 3. The first-order valence-corrected chi connectivity index (χ1v) is 10.7. The van der Waals surface area contributed by atoms with Gasteiger partial charge in [0.1, 0.15) is 18.1 Å². The maximum absolute atomic E-state index is 12.5. The predicted molar refractivity (Wildman–Crippen MR) is 111 cm³/mol. The van der Waals surface area contributed by atoms with Gasteiger partial charge in [-0.3, -0.25) is 4.79 Å². The number of anilines is 1. The number of ketones is 1. The molecule has 146 valence electrons. The Morgan fingerprint density at radius 2 is 1.89 bits per heavy atom. The zero-order valence-electron chi connectivity index (χ0n) is 16.6. The van der Waals surface area contributed by atoms with E-state index >= 15 is 0 Å². The van der Waals surface area contributed by atoms with Gasteiger partial charge in [0.25, 0.3) is 0 Å². The van der Waals surface area contributed by atoms with Crippen molar-refractivity contribution in [3.8, 4) is 5.75 Å². The summed E-state index contributed by atoms with van der Waals surface area (Å²) in [7, 11) is 0. The maximum atomic E-state index is 12.5. The standard InChI is InChI=1S/C25H29NO2/c1-25-14-13-18-17-9-11-22(28-15-16-5-3-2-4-6-16)24(26)20(17)8-7-19(18)21(25)10-12-23(25)27/h2-6,9,11,18-19,21H,7-8,10,12-15,26H2,1H3/t18-,19-,21+,25+/m1/s1. The molecule has 0 unspecified atom stereocenters. The molecule has 0 saturated heterocycles. The van der Waals surface area contributed by atoms with Crippen LogP contribution in [0.2, 0.25) is 0 Å². The highest BCUT2D eigenvalue weighted by Crippen LogP contribution is 2.60. The van der Waals surface area contributed by atoms with E-state index in [0.717, 1.165) is 55.5 Å². The Labute approximate surface area is 167 Å². The van der Waals surface area contributed by atoms with E-state index in [1.54, 1.807) is 0 Å². The van der Waals surface area contributed by atoms with E-state index in [4.69, 9.17) is 10.5 Å². The number of ether oxygens (including phenoxy) is 1. The summed E-state index contributed by atoms with van der Waals surface area (Å²) in [5.41, 5.74) is 11.2. The number of carbonyl (C=O) groups is 1.